The van der Waals surface area contributed by atoms with Gasteiger partial charge in [0.15, 0.2) is 11.6 Å². The number of para-hydroxylation sites is 2. The Morgan fingerprint density at radius 3 is 2.47 bits per heavy atom. The Kier molecular flexibility index (Phi) is 9.00. The lowest BCUT2D eigenvalue weighted by Gasteiger charge is -2.33. The Balaban J connectivity index is 1.18. The Labute approximate surface area is 209 Å². The number of piperidine rings is 1. The number of halogens is 2. The summed E-state index contributed by atoms with van der Waals surface area (Å²) in [5.41, 5.74) is 1.85. The number of nitrogens with one attached hydrogen (secondary N) is 2. The van der Waals surface area contributed by atoms with Crippen LogP contribution in [0.2, 0.25) is 0 Å². The monoisotopic (exact) mass is 495 g/mol. The van der Waals surface area contributed by atoms with Crippen LogP contribution >= 0.6 is 0 Å². The molecule has 0 saturated carbocycles. The van der Waals surface area contributed by atoms with Crippen LogP contribution in [0.5, 0.6) is 5.75 Å². The zero-order valence-corrected chi connectivity index (χ0v) is 20.0. The molecular weight excluding hydrogens is 464 g/mol. The van der Waals surface area contributed by atoms with Crippen LogP contribution < -0.4 is 15.4 Å². The molecule has 3 N–H and O–H groups in total. The number of anilines is 1. The van der Waals surface area contributed by atoms with Gasteiger partial charge >= 0.3 is 0 Å². The van der Waals surface area contributed by atoms with Gasteiger partial charge in [0.25, 0.3) is 5.91 Å². The molecule has 0 radical (unpaired) electrons. The fraction of sp³-hybridized carbons (Fsp3) is 0.321. The number of carbonyl (C=O) groups is 1. The predicted molar refractivity (Wildman–Crippen MR) is 135 cm³/mol. The molecule has 190 valence electrons. The molecule has 0 aliphatic carbocycles. The molecular formula is C28H31F2N3O3. The maximum atomic E-state index is 13.4. The van der Waals surface area contributed by atoms with Crippen molar-refractivity contribution in [3.63, 3.8) is 0 Å². The molecule has 3 aromatic carbocycles. The summed E-state index contributed by atoms with van der Waals surface area (Å²) in [6.07, 6.45) is 1.07. The molecule has 1 amide bonds. The molecule has 36 heavy (non-hydrogen) atoms. The van der Waals surface area contributed by atoms with Crippen molar-refractivity contribution in [1.29, 1.82) is 0 Å². The van der Waals surface area contributed by atoms with Gasteiger partial charge in [0, 0.05) is 24.7 Å². The minimum atomic E-state index is -0.829. The number of nitrogens with zero attached hydrogens (tertiary/aromatic N) is 1. The van der Waals surface area contributed by atoms with E-state index in [0.29, 0.717) is 30.1 Å². The Hall–Kier alpha value is -3.33. The van der Waals surface area contributed by atoms with Crippen molar-refractivity contribution in [3.05, 3.63) is 95.6 Å². The van der Waals surface area contributed by atoms with Crippen molar-refractivity contribution in [2.45, 2.75) is 31.5 Å². The zero-order valence-electron chi connectivity index (χ0n) is 20.0. The molecule has 8 heteroatoms. The smallest absolute Gasteiger partial charge is 0.255 e. The van der Waals surface area contributed by atoms with E-state index in [4.69, 9.17) is 4.74 Å². The molecule has 1 saturated heterocycles. The molecule has 0 spiro atoms. The number of likely N-dealkylation sites (tertiary alicyclic amines) is 1. The van der Waals surface area contributed by atoms with Crippen LogP contribution in [0.15, 0.2) is 72.8 Å². The second kappa shape index (κ2) is 12.6. The van der Waals surface area contributed by atoms with Crippen molar-refractivity contribution in [2.24, 2.45) is 0 Å². The third kappa shape index (κ3) is 7.34. The first-order chi connectivity index (χ1) is 17.5. The molecule has 6 nitrogen and oxygen atoms in total. The Morgan fingerprint density at radius 1 is 1.00 bits per heavy atom. The van der Waals surface area contributed by atoms with E-state index in [9.17, 15) is 18.7 Å². The highest BCUT2D eigenvalue weighted by Crippen LogP contribution is 2.24. The number of aliphatic hydroxyl groups is 1. The van der Waals surface area contributed by atoms with E-state index in [1.54, 1.807) is 42.5 Å². The van der Waals surface area contributed by atoms with Gasteiger partial charge in [-0.25, -0.2) is 8.78 Å². The first-order valence-corrected chi connectivity index (χ1v) is 12.1. The first kappa shape index (κ1) is 25.8. The number of carbonyl (C=O) groups excluding carboxylic acids is 1. The Morgan fingerprint density at radius 2 is 1.72 bits per heavy atom. The molecule has 1 heterocycles. The normalized spacial score (nSPS) is 15.4. The van der Waals surface area contributed by atoms with E-state index in [1.807, 2.05) is 18.2 Å². The number of rotatable bonds is 10. The first-order valence-electron chi connectivity index (χ1n) is 12.1. The SMILES string of the molecule is O=C(Nc1ccccc1OCC(O)CNC1CCN(Cc2ccc(F)c(F)c2)CC1)c1ccccc1. The number of hydrogen-bond acceptors (Lipinski definition) is 5. The van der Waals surface area contributed by atoms with Gasteiger partial charge in [0.2, 0.25) is 0 Å². The van der Waals surface area contributed by atoms with Crippen LogP contribution in [0.4, 0.5) is 14.5 Å². The lowest BCUT2D eigenvalue weighted by atomic mass is 10.0. The van der Waals surface area contributed by atoms with Gasteiger partial charge in [-0.3, -0.25) is 9.69 Å². The summed E-state index contributed by atoms with van der Waals surface area (Å²) in [6, 6.07) is 20.4. The van der Waals surface area contributed by atoms with E-state index in [-0.39, 0.29) is 18.6 Å². The molecule has 3 aromatic rings. The van der Waals surface area contributed by atoms with Crippen molar-refractivity contribution < 1.29 is 23.4 Å². The summed E-state index contributed by atoms with van der Waals surface area (Å²) >= 11 is 0. The third-order valence-electron chi connectivity index (χ3n) is 6.22. The van der Waals surface area contributed by atoms with Gasteiger partial charge in [0.1, 0.15) is 18.5 Å². The van der Waals surface area contributed by atoms with Crippen molar-refractivity contribution >= 4 is 11.6 Å². The Bertz CT molecular complexity index is 1140. The van der Waals surface area contributed by atoms with Gasteiger partial charge in [-0.1, -0.05) is 36.4 Å². The summed E-state index contributed by atoms with van der Waals surface area (Å²) in [6.45, 7) is 2.71. The second-order valence-electron chi connectivity index (χ2n) is 8.99. The van der Waals surface area contributed by atoms with E-state index in [2.05, 4.69) is 15.5 Å². The zero-order chi connectivity index (χ0) is 25.3. The average Bonchev–Trinajstić information content (AvgIpc) is 2.90. The van der Waals surface area contributed by atoms with Crippen molar-refractivity contribution in [3.8, 4) is 5.75 Å². The minimum Gasteiger partial charge on any atom is -0.489 e. The van der Waals surface area contributed by atoms with Gasteiger partial charge in [-0.05, 0) is 67.9 Å². The molecule has 0 aromatic heterocycles. The summed E-state index contributed by atoms with van der Waals surface area (Å²) in [4.78, 5) is 14.7. The van der Waals surface area contributed by atoms with E-state index in [0.717, 1.165) is 37.6 Å². The maximum absolute atomic E-state index is 13.4. The minimum absolute atomic E-state index is 0.0835. The summed E-state index contributed by atoms with van der Waals surface area (Å²) < 4.78 is 32.4. The predicted octanol–water partition coefficient (Wildman–Crippen LogP) is 4.21. The number of ether oxygens (including phenoxy) is 1. The molecule has 1 atom stereocenters. The van der Waals surface area contributed by atoms with Gasteiger partial charge in [-0.15, -0.1) is 0 Å². The van der Waals surface area contributed by atoms with E-state index >= 15 is 0 Å². The molecule has 0 bridgehead atoms. The van der Waals surface area contributed by atoms with Gasteiger partial charge in [-0.2, -0.15) is 0 Å². The molecule has 4 rings (SSSR count). The van der Waals surface area contributed by atoms with Crippen LogP contribution in [0, 0.1) is 11.6 Å². The second-order valence-corrected chi connectivity index (χ2v) is 8.99. The topological polar surface area (TPSA) is 73.8 Å². The standard InChI is InChI=1S/C28H31F2N3O3/c29-24-11-10-20(16-25(24)30)18-33-14-12-22(13-15-33)31-17-23(34)19-36-27-9-5-4-8-26(27)32-28(35)21-6-2-1-3-7-21/h1-11,16,22-23,31,34H,12-15,17-19H2,(H,32,35). The summed E-state index contributed by atoms with van der Waals surface area (Å²) in [5, 5.41) is 16.7. The van der Waals surface area contributed by atoms with Crippen molar-refractivity contribution in [1.82, 2.24) is 10.2 Å². The largest absolute Gasteiger partial charge is 0.489 e. The van der Waals surface area contributed by atoms with E-state index < -0.39 is 17.7 Å². The fourth-order valence-electron chi connectivity index (χ4n) is 4.22. The number of amides is 1. The van der Waals surface area contributed by atoms with Crippen molar-refractivity contribution in [2.75, 3.05) is 31.6 Å². The third-order valence-corrected chi connectivity index (χ3v) is 6.22. The van der Waals surface area contributed by atoms with E-state index in [1.165, 1.54) is 6.07 Å². The summed E-state index contributed by atoms with van der Waals surface area (Å²) in [7, 11) is 0. The summed E-state index contributed by atoms with van der Waals surface area (Å²) in [5.74, 6) is -1.39. The quantitative estimate of drug-likeness (QED) is 0.393. The molecule has 1 aliphatic heterocycles. The van der Waals surface area contributed by atoms with Crippen LogP contribution in [-0.2, 0) is 6.54 Å². The lowest BCUT2D eigenvalue weighted by Crippen LogP contribution is -2.45. The van der Waals surface area contributed by atoms with Gasteiger partial charge in [0.05, 0.1) is 5.69 Å². The van der Waals surface area contributed by atoms with Crippen LogP contribution in [0.25, 0.3) is 0 Å². The van der Waals surface area contributed by atoms with Crippen LogP contribution in [0.3, 0.4) is 0 Å². The highest BCUT2D eigenvalue weighted by atomic mass is 19.2. The van der Waals surface area contributed by atoms with Gasteiger partial charge < -0.3 is 20.5 Å². The molecule has 1 unspecified atom stereocenters. The maximum Gasteiger partial charge on any atom is 0.255 e. The molecule has 1 aliphatic rings. The van der Waals surface area contributed by atoms with Crippen LogP contribution in [0.1, 0.15) is 28.8 Å². The number of aliphatic hydroxyl groups excluding tert-OH is 1. The highest BCUT2D eigenvalue weighted by Gasteiger charge is 2.20. The number of hydrogen-bond donors (Lipinski definition) is 3. The fourth-order valence-corrected chi connectivity index (χ4v) is 4.22. The number of benzene rings is 3. The molecule has 1 fully saturated rings. The lowest BCUT2D eigenvalue weighted by molar-refractivity contribution is 0.0978. The van der Waals surface area contributed by atoms with Crippen LogP contribution in [-0.4, -0.2) is 54.3 Å². The average molecular weight is 496 g/mol. The highest BCUT2D eigenvalue weighted by molar-refractivity contribution is 6.04.